The van der Waals surface area contributed by atoms with E-state index in [0.29, 0.717) is 22.3 Å². The van der Waals surface area contributed by atoms with Crippen molar-refractivity contribution < 1.29 is 9.21 Å². The van der Waals surface area contributed by atoms with Gasteiger partial charge >= 0.3 is 0 Å². The topological polar surface area (TPSA) is 93.8 Å². The molecule has 0 saturated carbocycles. The summed E-state index contributed by atoms with van der Waals surface area (Å²) in [6.07, 6.45) is 0. The molecule has 2 aromatic heterocycles. The Labute approximate surface area is 164 Å². The first kappa shape index (κ1) is 17.1. The van der Waals surface area contributed by atoms with Crippen molar-refractivity contribution in [1.82, 2.24) is 18.9 Å². The third-order valence-electron chi connectivity index (χ3n) is 3.36. The van der Waals surface area contributed by atoms with Gasteiger partial charge in [0.05, 0.1) is 23.2 Å². The molecule has 0 atom stereocenters. The lowest BCUT2D eigenvalue weighted by Crippen LogP contribution is -2.14. The van der Waals surface area contributed by atoms with Crippen LogP contribution < -0.4 is 5.32 Å². The molecule has 130 valence electrons. The first-order valence-electron chi connectivity index (χ1n) is 7.42. The van der Waals surface area contributed by atoms with Gasteiger partial charge in [-0.15, -0.1) is 10.2 Å². The van der Waals surface area contributed by atoms with Crippen molar-refractivity contribution in [2.45, 2.75) is 5.22 Å². The average Bonchev–Trinajstić information content (AvgIpc) is 3.30. The van der Waals surface area contributed by atoms with Gasteiger partial charge in [-0.05, 0) is 30.3 Å². The van der Waals surface area contributed by atoms with E-state index in [0.717, 1.165) is 27.3 Å². The predicted molar refractivity (Wildman–Crippen MR) is 104 cm³/mol. The summed E-state index contributed by atoms with van der Waals surface area (Å²) < 4.78 is 14.9. The van der Waals surface area contributed by atoms with Gasteiger partial charge in [-0.1, -0.05) is 39.8 Å². The van der Waals surface area contributed by atoms with Crippen LogP contribution in [-0.4, -0.2) is 30.6 Å². The molecule has 4 aromatic rings. The zero-order valence-electron chi connectivity index (χ0n) is 13.0. The predicted octanol–water partition coefficient (Wildman–Crippen LogP) is 4.23. The molecule has 0 bridgehead atoms. The largest absolute Gasteiger partial charge is 0.411 e. The maximum atomic E-state index is 12.2. The van der Waals surface area contributed by atoms with E-state index in [-0.39, 0.29) is 11.7 Å². The molecule has 4 rings (SSSR count). The van der Waals surface area contributed by atoms with Crippen LogP contribution in [0.25, 0.3) is 22.5 Å². The molecule has 2 aromatic carbocycles. The smallest absolute Gasteiger partial charge is 0.277 e. The maximum absolute atomic E-state index is 12.2. The standard InChI is InChI=1S/C16H10BrN5O2S2/c17-10-4-1-3-9(7-10)15-19-20-16(24-15)25-8-13(23)18-11-5-2-6-12-14(11)22-26-21-12/h1-7H,8H2,(H,18,23). The lowest BCUT2D eigenvalue weighted by Gasteiger charge is -2.04. The van der Waals surface area contributed by atoms with Gasteiger partial charge in [0.25, 0.3) is 5.22 Å². The SMILES string of the molecule is O=C(CSc1nnc(-c2cccc(Br)c2)o1)Nc1cccc2nsnc12. The second kappa shape index (κ2) is 7.52. The van der Waals surface area contributed by atoms with Crippen molar-refractivity contribution in [3.8, 4) is 11.5 Å². The molecule has 0 aliphatic rings. The number of anilines is 1. The van der Waals surface area contributed by atoms with Crippen LogP contribution in [0, 0.1) is 0 Å². The summed E-state index contributed by atoms with van der Waals surface area (Å²) in [5.74, 6) is 0.374. The zero-order valence-corrected chi connectivity index (χ0v) is 16.3. The van der Waals surface area contributed by atoms with Crippen LogP contribution in [0.4, 0.5) is 5.69 Å². The Kier molecular flexibility index (Phi) is 4.96. The number of aromatic nitrogens is 4. The van der Waals surface area contributed by atoms with Crippen molar-refractivity contribution in [2.75, 3.05) is 11.1 Å². The molecule has 0 fully saturated rings. The van der Waals surface area contributed by atoms with Crippen LogP contribution in [-0.2, 0) is 4.79 Å². The monoisotopic (exact) mass is 447 g/mol. The highest BCUT2D eigenvalue weighted by Gasteiger charge is 2.13. The fourth-order valence-corrected chi connectivity index (χ4v) is 3.74. The Morgan fingerprint density at radius 2 is 2.08 bits per heavy atom. The lowest BCUT2D eigenvalue weighted by molar-refractivity contribution is -0.113. The van der Waals surface area contributed by atoms with E-state index in [1.807, 2.05) is 36.4 Å². The van der Waals surface area contributed by atoms with Gasteiger partial charge in [0.2, 0.25) is 11.8 Å². The highest BCUT2D eigenvalue weighted by molar-refractivity contribution is 9.10. The number of carbonyl (C=O) groups excluding carboxylic acids is 1. The molecule has 0 aliphatic heterocycles. The third-order valence-corrected chi connectivity index (χ3v) is 5.22. The van der Waals surface area contributed by atoms with Crippen LogP contribution in [0.15, 0.2) is 56.6 Å². The summed E-state index contributed by atoms with van der Waals surface area (Å²) >= 11 is 5.70. The Morgan fingerprint density at radius 1 is 1.19 bits per heavy atom. The van der Waals surface area contributed by atoms with Gasteiger partial charge in [0, 0.05) is 10.0 Å². The maximum Gasteiger partial charge on any atom is 0.277 e. The number of benzene rings is 2. The van der Waals surface area contributed by atoms with Gasteiger partial charge in [-0.3, -0.25) is 4.79 Å². The fourth-order valence-electron chi connectivity index (χ4n) is 2.23. The third kappa shape index (κ3) is 3.76. The zero-order chi connectivity index (χ0) is 17.9. The Bertz CT molecular complexity index is 1080. The van der Waals surface area contributed by atoms with Crippen LogP contribution >= 0.6 is 39.4 Å². The second-order valence-corrected chi connectivity index (χ2v) is 7.53. The Morgan fingerprint density at radius 3 is 2.96 bits per heavy atom. The van der Waals surface area contributed by atoms with E-state index in [4.69, 9.17) is 4.42 Å². The highest BCUT2D eigenvalue weighted by atomic mass is 79.9. The summed E-state index contributed by atoms with van der Waals surface area (Å²) in [4.78, 5) is 12.2. The van der Waals surface area contributed by atoms with Gasteiger partial charge in [-0.2, -0.15) is 8.75 Å². The average molecular weight is 448 g/mol. The number of thioether (sulfide) groups is 1. The van der Waals surface area contributed by atoms with Crippen molar-refractivity contribution in [1.29, 1.82) is 0 Å². The Balaban J connectivity index is 1.40. The Hall–Kier alpha value is -2.30. The van der Waals surface area contributed by atoms with Crippen molar-refractivity contribution in [3.05, 3.63) is 46.9 Å². The number of halogens is 1. The van der Waals surface area contributed by atoms with Gasteiger partial charge < -0.3 is 9.73 Å². The molecule has 0 radical (unpaired) electrons. The minimum atomic E-state index is -0.183. The van der Waals surface area contributed by atoms with E-state index in [1.54, 1.807) is 6.07 Å². The number of nitrogens with zero attached hydrogens (tertiary/aromatic N) is 4. The fraction of sp³-hybridized carbons (Fsp3) is 0.0625. The van der Waals surface area contributed by atoms with Gasteiger partial charge in [-0.25, -0.2) is 0 Å². The number of amides is 1. The van der Waals surface area contributed by atoms with Crippen molar-refractivity contribution >= 4 is 62.0 Å². The molecule has 2 heterocycles. The molecule has 0 spiro atoms. The number of rotatable bonds is 5. The van der Waals surface area contributed by atoms with Crippen molar-refractivity contribution in [3.63, 3.8) is 0 Å². The molecule has 7 nitrogen and oxygen atoms in total. The van der Waals surface area contributed by atoms with Gasteiger partial charge in [0.1, 0.15) is 11.0 Å². The molecular formula is C16H10BrN5O2S2. The molecule has 26 heavy (non-hydrogen) atoms. The molecule has 0 aliphatic carbocycles. The van der Waals surface area contributed by atoms with Crippen molar-refractivity contribution in [2.24, 2.45) is 0 Å². The summed E-state index contributed by atoms with van der Waals surface area (Å²) in [5, 5.41) is 11.2. The van der Waals surface area contributed by atoms with E-state index < -0.39 is 0 Å². The summed E-state index contributed by atoms with van der Waals surface area (Å²) in [5.41, 5.74) is 2.90. The van der Waals surface area contributed by atoms with E-state index >= 15 is 0 Å². The molecule has 0 saturated heterocycles. The summed E-state index contributed by atoms with van der Waals surface area (Å²) in [7, 11) is 0. The number of hydrogen-bond donors (Lipinski definition) is 1. The van der Waals surface area contributed by atoms with Crippen LogP contribution in [0.1, 0.15) is 0 Å². The first-order valence-corrected chi connectivity index (χ1v) is 9.93. The molecular weight excluding hydrogens is 438 g/mol. The number of carbonyl (C=O) groups is 1. The van der Waals surface area contributed by atoms with E-state index in [1.165, 1.54) is 11.8 Å². The number of fused-ring (bicyclic) bond motifs is 1. The summed E-state index contributed by atoms with van der Waals surface area (Å²) in [6, 6.07) is 13.0. The van der Waals surface area contributed by atoms with Crippen LogP contribution in [0.5, 0.6) is 0 Å². The first-order chi connectivity index (χ1) is 12.7. The van der Waals surface area contributed by atoms with Crippen LogP contribution in [0.3, 0.4) is 0 Å². The quantitative estimate of drug-likeness (QED) is 0.457. The molecule has 1 amide bonds. The second-order valence-electron chi connectivity index (χ2n) is 5.16. The number of nitrogens with one attached hydrogen (secondary N) is 1. The molecule has 10 heteroatoms. The highest BCUT2D eigenvalue weighted by Crippen LogP contribution is 2.26. The summed E-state index contributed by atoms with van der Waals surface area (Å²) in [6.45, 7) is 0. The lowest BCUT2D eigenvalue weighted by atomic mass is 10.2. The van der Waals surface area contributed by atoms with Crippen LogP contribution in [0.2, 0.25) is 0 Å². The normalized spacial score (nSPS) is 11.0. The van der Waals surface area contributed by atoms with Gasteiger partial charge in [0.15, 0.2) is 0 Å². The van der Waals surface area contributed by atoms with E-state index in [9.17, 15) is 4.79 Å². The minimum Gasteiger partial charge on any atom is -0.411 e. The van der Waals surface area contributed by atoms with E-state index in [2.05, 4.69) is 40.2 Å². The minimum absolute atomic E-state index is 0.147. The molecule has 0 unspecified atom stereocenters. The molecule has 1 N–H and O–H groups in total. The number of hydrogen-bond acceptors (Lipinski definition) is 8.